The lowest BCUT2D eigenvalue weighted by molar-refractivity contribution is 0.445. The van der Waals surface area contributed by atoms with E-state index in [0.717, 1.165) is 5.92 Å². The third kappa shape index (κ3) is 1.98. The number of aryl methyl sites for hydroxylation is 1. The van der Waals surface area contributed by atoms with Gasteiger partial charge >= 0.3 is 0 Å². The Hall–Kier alpha value is -0.820. The van der Waals surface area contributed by atoms with Crippen LogP contribution >= 0.6 is 0 Å². The molecular weight excluding hydrogens is 170 g/mol. The molecule has 0 aliphatic heterocycles. The first-order valence-corrected chi connectivity index (χ1v) is 5.59. The molecular formula is C13H19N. The van der Waals surface area contributed by atoms with Crippen LogP contribution in [0.5, 0.6) is 0 Å². The van der Waals surface area contributed by atoms with Crippen LogP contribution in [0.1, 0.15) is 42.9 Å². The monoisotopic (exact) mass is 189 g/mol. The number of hydrogen-bond donors (Lipinski definition) is 1. The molecule has 0 bridgehead atoms. The van der Waals surface area contributed by atoms with Crippen molar-refractivity contribution < 1.29 is 0 Å². The van der Waals surface area contributed by atoms with Crippen LogP contribution in [-0.4, -0.2) is 0 Å². The largest absolute Gasteiger partial charge is 0.324 e. The molecule has 2 rings (SSSR count). The van der Waals surface area contributed by atoms with E-state index in [0.29, 0.717) is 0 Å². The van der Waals surface area contributed by atoms with E-state index in [-0.39, 0.29) is 6.04 Å². The molecule has 0 radical (unpaired) electrons. The van der Waals surface area contributed by atoms with Crippen LogP contribution in [0.4, 0.5) is 0 Å². The normalized spacial score (nSPS) is 19.9. The molecule has 0 saturated heterocycles. The first-order valence-electron chi connectivity index (χ1n) is 5.59. The van der Waals surface area contributed by atoms with Gasteiger partial charge in [-0.25, -0.2) is 0 Å². The molecule has 0 aromatic heterocycles. The zero-order chi connectivity index (χ0) is 9.97. The van der Waals surface area contributed by atoms with Crippen molar-refractivity contribution in [3.8, 4) is 0 Å². The SMILES string of the molecule is Cc1ccc([C@@H](N)C2CCCC2)cc1. The van der Waals surface area contributed by atoms with E-state index in [1.165, 1.54) is 36.8 Å². The third-order valence-corrected chi connectivity index (χ3v) is 3.37. The van der Waals surface area contributed by atoms with Gasteiger partial charge in [-0.2, -0.15) is 0 Å². The summed E-state index contributed by atoms with van der Waals surface area (Å²) < 4.78 is 0. The highest BCUT2D eigenvalue weighted by atomic mass is 14.7. The topological polar surface area (TPSA) is 26.0 Å². The molecule has 76 valence electrons. The highest BCUT2D eigenvalue weighted by Gasteiger charge is 2.22. The second kappa shape index (κ2) is 4.14. The Labute approximate surface area is 86.3 Å². The van der Waals surface area contributed by atoms with Crippen LogP contribution in [0.25, 0.3) is 0 Å². The second-order valence-electron chi connectivity index (χ2n) is 4.48. The Bertz CT molecular complexity index is 283. The molecule has 0 amide bonds. The molecule has 1 aromatic rings. The second-order valence-corrected chi connectivity index (χ2v) is 4.48. The van der Waals surface area contributed by atoms with Crippen LogP contribution in [-0.2, 0) is 0 Å². The molecule has 2 N–H and O–H groups in total. The highest BCUT2D eigenvalue weighted by molar-refractivity contribution is 5.24. The summed E-state index contributed by atoms with van der Waals surface area (Å²) >= 11 is 0. The summed E-state index contributed by atoms with van der Waals surface area (Å²) in [7, 11) is 0. The smallest absolute Gasteiger partial charge is 0.0323 e. The summed E-state index contributed by atoms with van der Waals surface area (Å²) in [5.74, 6) is 0.720. The Morgan fingerprint density at radius 1 is 1.14 bits per heavy atom. The summed E-state index contributed by atoms with van der Waals surface area (Å²) in [6, 6.07) is 8.93. The fraction of sp³-hybridized carbons (Fsp3) is 0.538. The minimum Gasteiger partial charge on any atom is -0.324 e. The van der Waals surface area contributed by atoms with Crippen LogP contribution in [0.2, 0.25) is 0 Å². The molecule has 1 nitrogen and oxygen atoms in total. The van der Waals surface area contributed by atoms with Crippen molar-refractivity contribution in [3.63, 3.8) is 0 Å². The van der Waals surface area contributed by atoms with Crippen LogP contribution in [0, 0.1) is 12.8 Å². The fourth-order valence-electron chi connectivity index (χ4n) is 2.38. The molecule has 0 spiro atoms. The van der Waals surface area contributed by atoms with E-state index >= 15 is 0 Å². The van der Waals surface area contributed by atoms with Crippen molar-refractivity contribution in [1.29, 1.82) is 0 Å². The van der Waals surface area contributed by atoms with Crippen molar-refractivity contribution in [1.82, 2.24) is 0 Å². The number of hydrogen-bond acceptors (Lipinski definition) is 1. The standard InChI is InChI=1S/C13H19N/c1-10-6-8-12(9-7-10)13(14)11-4-2-3-5-11/h6-9,11,13H,2-5,14H2,1H3/t13-/m0/s1. The summed E-state index contributed by atoms with van der Waals surface area (Å²) in [4.78, 5) is 0. The van der Waals surface area contributed by atoms with Gasteiger partial charge in [-0.15, -0.1) is 0 Å². The maximum Gasteiger partial charge on any atom is 0.0323 e. The number of benzene rings is 1. The zero-order valence-electron chi connectivity index (χ0n) is 8.87. The third-order valence-electron chi connectivity index (χ3n) is 3.37. The minimum absolute atomic E-state index is 0.262. The molecule has 1 fully saturated rings. The van der Waals surface area contributed by atoms with Gasteiger partial charge in [-0.1, -0.05) is 42.7 Å². The van der Waals surface area contributed by atoms with Gasteiger partial charge < -0.3 is 5.73 Å². The van der Waals surface area contributed by atoms with Crippen molar-refractivity contribution in [2.45, 2.75) is 38.6 Å². The van der Waals surface area contributed by atoms with Gasteiger partial charge in [0.15, 0.2) is 0 Å². The lowest BCUT2D eigenvalue weighted by atomic mass is 9.92. The zero-order valence-corrected chi connectivity index (χ0v) is 8.87. The summed E-state index contributed by atoms with van der Waals surface area (Å²) in [6.07, 6.45) is 5.36. The van der Waals surface area contributed by atoms with E-state index in [1.807, 2.05) is 0 Å². The van der Waals surface area contributed by atoms with E-state index in [1.54, 1.807) is 0 Å². The maximum absolute atomic E-state index is 6.25. The van der Waals surface area contributed by atoms with Gasteiger partial charge in [-0.3, -0.25) is 0 Å². The van der Waals surface area contributed by atoms with Crippen molar-refractivity contribution >= 4 is 0 Å². The molecule has 1 saturated carbocycles. The Morgan fingerprint density at radius 3 is 2.29 bits per heavy atom. The number of rotatable bonds is 2. The first-order chi connectivity index (χ1) is 6.77. The summed E-state index contributed by atoms with van der Waals surface area (Å²) in [6.45, 7) is 2.12. The Balaban J connectivity index is 2.09. The molecule has 1 aliphatic rings. The predicted octanol–water partition coefficient (Wildman–Crippen LogP) is 3.19. The first kappa shape index (κ1) is 9.72. The summed E-state index contributed by atoms with van der Waals surface area (Å²) in [5.41, 5.74) is 8.87. The highest BCUT2D eigenvalue weighted by Crippen LogP contribution is 2.33. The quantitative estimate of drug-likeness (QED) is 0.759. The van der Waals surface area contributed by atoms with E-state index < -0.39 is 0 Å². The molecule has 1 atom stereocenters. The molecule has 0 heterocycles. The molecule has 14 heavy (non-hydrogen) atoms. The van der Waals surface area contributed by atoms with Crippen molar-refractivity contribution in [2.24, 2.45) is 11.7 Å². The molecule has 1 heteroatoms. The lowest BCUT2D eigenvalue weighted by Gasteiger charge is -2.19. The van der Waals surface area contributed by atoms with Gasteiger partial charge in [0.1, 0.15) is 0 Å². The van der Waals surface area contributed by atoms with Crippen LogP contribution in [0.3, 0.4) is 0 Å². The fourth-order valence-corrected chi connectivity index (χ4v) is 2.38. The Morgan fingerprint density at radius 2 is 1.71 bits per heavy atom. The average molecular weight is 189 g/mol. The summed E-state index contributed by atoms with van der Waals surface area (Å²) in [5, 5.41) is 0. The molecule has 1 aromatic carbocycles. The van der Waals surface area contributed by atoms with Crippen LogP contribution < -0.4 is 5.73 Å². The molecule has 1 aliphatic carbocycles. The average Bonchev–Trinajstić information content (AvgIpc) is 2.71. The van der Waals surface area contributed by atoms with Gasteiger partial charge in [-0.05, 0) is 31.2 Å². The number of nitrogens with two attached hydrogens (primary N) is 1. The van der Waals surface area contributed by atoms with Gasteiger partial charge in [0.25, 0.3) is 0 Å². The van der Waals surface area contributed by atoms with Gasteiger partial charge in [0.2, 0.25) is 0 Å². The van der Waals surface area contributed by atoms with E-state index in [2.05, 4.69) is 31.2 Å². The van der Waals surface area contributed by atoms with E-state index in [9.17, 15) is 0 Å². The van der Waals surface area contributed by atoms with E-state index in [4.69, 9.17) is 5.73 Å². The Kier molecular flexibility index (Phi) is 2.87. The predicted molar refractivity (Wildman–Crippen MR) is 60.1 cm³/mol. The molecule has 0 unspecified atom stereocenters. The lowest BCUT2D eigenvalue weighted by Crippen LogP contribution is -2.18. The van der Waals surface area contributed by atoms with Gasteiger partial charge in [0.05, 0.1) is 0 Å². The van der Waals surface area contributed by atoms with Crippen molar-refractivity contribution in [2.75, 3.05) is 0 Å². The maximum atomic E-state index is 6.25. The van der Waals surface area contributed by atoms with Gasteiger partial charge in [0, 0.05) is 6.04 Å². The van der Waals surface area contributed by atoms with Crippen LogP contribution in [0.15, 0.2) is 24.3 Å². The van der Waals surface area contributed by atoms with Crippen molar-refractivity contribution in [3.05, 3.63) is 35.4 Å². The minimum atomic E-state index is 0.262.